The number of hydrogen-bond acceptors (Lipinski definition) is 4. The van der Waals surface area contributed by atoms with Crippen molar-refractivity contribution in [3.63, 3.8) is 0 Å². The number of fused-ring (bicyclic) bond motifs is 1. The predicted molar refractivity (Wildman–Crippen MR) is 97.2 cm³/mol. The van der Waals surface area contributed by atoms with Gasteiger partial charge in [0.25, 0.3) is 0 Å². The molecule has 0 aliphatic carbocycles. The number of aliphatic hydroxyl groups is 1. The van der Waals surface area contributed by atoms with E-state index in [-0.39, 0.29) is 18.3 Å². The van der Waals surface area contributed by atoms with Crippen LogP contribution in [0.1, 0.15) is 22.1 Å². The largest absolute Gasteiger partial charge is 0.395 e. The Morgan fingerprint density at radius 1 is 1.21 bits per heavy atom. The Balaban J connectivity index is 2.10. The maximum Gasteiger partial charge on any atom is 0.141 e. The zero-order chi connectivity index (χ0) is 17.1. The molecule has 1 aromatic carbocycles. The molecule has 1 unspecified atom stereocenters. The molecule has 0 saturated carbocycles. The molecule has 3 rings (SSSR count). The summed E-state index contributed by atoms with van der Waals surface area (Å²) >= 11 is 1.77. The highest BCUT2D eigenvalue weighted by Gasteiger charge is 2.23. The van der Waals surface area contributed by atoms with Crippen LogP contribution in [-0.4, -0.2) is 42.2 Å². The van der Waals surface area contributed by atoms with Gasteiger partial charge in [-0.2, -0.15) is 0 Å². The SMILES string of the molecule is CN(C)CCc1sc2ccccc2c1C(CO)c1ccc(F)cn1. The maximum absolute atomic E-state index is 13.2. The van der Waals surface area contributed by atoms with Gasteiger partial charge in [-0.15, -0.1) is 11.3 Å². The number of rotatable bonds is 6. The second kappa shape index (κ2) is 7.38. The number of halogens is 1. The van der Waals surface area contributed by atoms with Gasteiger partial charge in [0.2, 0.25) is 0 Å². The predicted octanol–water partition coefficient (Wildman–Crippen LogP) is 3.66. The molecule has 0 aliphatic heterocycles. The molecule has 1 atom stereocenters. The molecule has 2 aromatic heterocycles. The highest BCUT2D eigenvalue weighted by Crippen LogP contribution is 2.38. The maximum atomic E-state index is 13.2. The van der Waals surface area contributed by atoms with Gasteiger partial charge in [-0.05, 0) is 49.7 Å². The van der Waals surface area contributed by atoms with E-state index in [1.54, 1.807) is 17.4 Å². The minimum absolute atomic E-state index is 0.0473. The summed E-state index contributed by atoms with van der Waals surface area (Å²) in [6.45, 7) is 0.892. The van der Waals surface area contributed by atoms with E-state index >= 15 is 0 Å². The minimum Gasteiger partial charge on any atom is -0.395 e. The van der Waals surface area contributed by atoms with Crippen LogP contribution in [0.25, 0.3) is 10.1 Å². The van der Waals surface area contributed by atoms with Crippen LogP contribution in [0.2, 0.25) is 0 Å². The highest BCUT2D eigenvalue weighted by atomic mass is 32.1. The lowest BCUT2D eigenvalue weighted by atomic mass is 9.92. The molecule has 3 nitrogen and oxygen atoms in total. The van der Waals surface area contributed by atoms with Crippen molar-refractivity contribution in [2.24, 2.45) is 0 Å². The average molecular weight is 344 g/mol. The molecular weight excluding hydrogens is 323 g/mol. The highest BCUT2D eigenvalue weighted by molar-refractivity contribution is 7.19. The molecule has 0 aliphatic rings. The number of aliphatic hydroxyl groups excluding tert-OH is 1. The van der Waals surface area contributed by atoms with Crippen LogP contribution in [0, 0.1) is 5.82 Å². The van der Waals surface area contributed by atoms with Crippen molar-refractivity contribution in [3.05, 3.63) is 64.5 Å². The van der Waals surface area contributed by atoms with Crippen LogP contribution in [0.4, 0.5) is 4.39 Å². The summed E-state index contributed by atoms with van der Waals surface area (Å²) in [4.78, 5) is 7.62. The molecule has 0 bridgehead atoms. The molecule has 5 heteroatoms. The fourth-order valence-electron chi connectivity index (χ4n) is 2.94. The number of pyridine rings is 1. The lowest BCUT2D eigenvalue weighted by molar-refractivity contribution is 0.279. The minimum atomic E-state index is -0.363. The third kappa shape index (κ3) is 3.48. The van der Waals surface area contributed by atoms with E-state index in [0.29, 0.717) is 5.69 Å². The Kier molecular flexibility index (Phi) is 5.23. The lowest BCUT2D eigenvalue weighted by Crippen LogP contribution is -2.16. The van der Waals surface area contributed by atoms with Crippen molar-refractivity contribution in [2.45, 2.75) is 12.3 Å². The van der Waals surface area contributed by atoms with Crippen LogP contribution in [0.3, 0.4) is 0 Å². The Hall–Kier alpha value is -1.82. The quantitative estimate of drug-likeness (QED) is 0.741. The van der Waals surface area contributed by atoms with Gasteiger partial charge in [-0.25, -0.2) is 4.39 Å². The van der Waals surface area contributed by atoms with Gasteiger partial charge in [-0.1, -0.05) is 18.2 Å². The molecule has 1 N–H and O–H groups in total. The van der Waals surface area contributed by atoms with E-state index in [4.69, 9.17) is 0 Å². The standard InChI is InChI=1S/C19H21FN2OS/c1-22(2)10-9-18-19(14-5-3-4-6-17(14)24-18)15(12-23)16-8-7-13(20)11-21-16/h3-8,11,15,23H,9-10,12H2,1-2H3. The summed E-state index contributed by atoms with van der Waals surface area (Å²) in [7, 11) is 4.11. The molecule has 2 heterocycles. The van der Waals surface area contributed by atoms with E-state index in [9.17, 15) is 9.50 Å². The zero-order valence-electron chi connectivity index (χ0n) is 13.9. The van der Waals surface area contributed by atoms with Crippen molar-refractivity contribution >= 4 is 21.4 Å². The third-order valence-electron chi connectivity index (χ3n) is 4.14. The molecule has 126 valence electrons. The van der Waals surface area contributed by atoms with E-state index in [1.165, 1.54) is 21.8 Å². The van der Waals surface area contributed by atoms with E-state index < -0.39 is 0 Å². The molecule has 24 heavy (non-hydrogen) atoms. The fraction of sp³-hybridized carbons (Fsp3) is 0.316. The van der Waals surface area contributed by atoms with Gasteiger partial charge >= 0.3 is 0 Å². The molecule has 0 radical (unpaired) electrons. The van der Waals surface area contributed by atoms with Gasteiger partial charge in [-0.3, -0.25) is 4.98 Å². The summed E-state index contributed by atoms with van der Waals surface area (Å²) in [5.74, 6) is -0.600. The molecule has 0 fully saturated rings. The first kappa shape index (κ1) is 17.0. The monoisotopic (exact) mass is 344 g/mol. The van der Waals surface area contributed by atoms with Crippen LogP contribution in [-0.2, 0) is 6.42 Å². The number of hydrogen-bond donors (Lipinski definition) is 1. The van der Waals surface area contributed by atoms with Gasteiger partial charge < -0.3 is 10.0 Å². The zero-order valence-corrected chi connectivity index (χ0v) is 14.7. The van der Waals surface area contributed by atoms with Crippen LogP contribution >= 0.6 is 11.3 Å². The summed E-state index contributed by atoms with van der Waals surface area (Å²) in [6.07, 6.45) is 2.13. The first-order valence-corrected chi connectivity index (χ1v) is 8.79. The number of aromatic nitrogens is 1. The summed E-state index contributed by atoms with van der Waals surface area (Å²) in [5.41, 5.74) is 1.83. The molecule has 0 saturated heterocycles. The average Bonchev–Trinajstić information content (AvgIpc) is 2.94. The van der Waals surface area contributed by atoms with Gasteiger partial charge in [0.05, 0.1) is 24.4 Å². The summed E-state index contributed by atoms with van der Waals surface area (Å²) < 4.78 is 14.4. The van der Waals surface area contributed by atoms with Crippen LogP contribution in [0.15, 0.2) is 42.6 Å². The Morgan fingerprint density at radius 3 is 2.67 bits per heavy atom. The van der Waals surface area contributed by atoms with Crippen LogP contribution in [0.5, 0.6) is 0 Å². The van der Waals surface area contributed by atoms with E-state index in [2.05, 4.69) is 36.1 Å². The van der Waals surface area contributed by atoms with Crippen LogP contribution < -0.4 is 0 Å². The summed E-state index contributed by atoms with van der Waals surface area (Å²) in [6, 6.07) is 11.3. The lowest BCUT2D eigenvalue weighted by Gasteiger charge is -2.17. The number of nitrogens with zero attached hydrogens (tertiary/aromatic N) is 2. The number of likely N-dealkylation sites (N-methyl/N-ethyl adjacent to an activating group) is 1. The van der Waals surface area contributed by atoms with E-state index in [0.717, 1.165) is 23.9 Å². The number of thiophene rings is 1. The van der Waals surface area contributed by atoms with Crippen molar-refractivity contribution in [1.29, 1.82) is 0 Å². The Bertz CT molecular complexity index is 814. The molecule has 0 spiro atoms. The number of benzene rings is 1. The normalized spacial score (nSPS) is 12.9. The van der Waals surface area contributed by atoms with Crippen molar-refractivity contribution in [3.8, 4) is 0 Å². The van der Waals surface area contributed by atoms with Gasteiger partial charge in [0.1, 0.15) is 5.82 Å². The molecular formula is C19H21FN2OS. The summed E-state index contributed by atoms with van der Waals surface area (Å²) in [5, 5.41) is 11.2. The Labute approximate surface area is 145 Å². The third-order valence-corrected chi connectivity index (χ3v) is 5.38. The molecule has 0 amide bonds. The van der Waals surface area contributed by atoms with Gasteiger partial charge in [0, 0.05) is 16.1 Å². The molecule has 3 aromatic rings. The second-order valence-corrected chi connectivity index (χ2v) is 7.26. The smallest absolute Gasteiger partial charge is 0.141 e. The van der Waals surface area contributed by atoms with Crippen molar-refractivity contribution < 1.29 is 9.50 Å². The van der Waals surface area contributed by atoms with Crippen molar-refractivity contribution in [2.75, 3.05) is 27.2 Å². The Morgan fingerprint density at radius 2 is 2.00 bits per heavy atom. The van der Waals surface area contributed by atoms with E-state index in [1.807, 2.05) is 12.1 Å². The van der Waals surface area contributed by atoms with Gasteiger partial charge in [0.15, 0.2) is 0 Å². The topological polar surface area (TPSA) is 36.4 Å². The fourth-order valence-corrected chi connectivity index (χ4v) is 4.19. The first-order chi connectivity index (χ1) is 11.6. The first-order valence-electron chi connectivity index (χ1n) is 7.97. The van der Waals surface area contributed by atoms with Crippen molar-refractivity contribution in [1.82, 2.24) is 9.88 Å². The second-order valence-electron chi connectivity index (χ2n) is 6.12.